The van der Waals surface area contributed by atoms with Gasteiger partial charge < -0.3 is 0 Å². The lowest BCUT2D eigenvalue weighted by Gasteiger charge is -2.13. The van der Waals surface area contributed by atoms with E-state index in [-0.39, 0.29) is 22.3 Å². The normalized spacial score (nSPS) is 11.8. The van der Waals surface area contributed by atoms with E-state index in [9.17, 15) is 17.6 Å². The van der Waals surface area contributed by atoms with Crippen molar-refractivity contribution >= 4 is 11.0 Å². The third kappa shape index (κ3) is 2.85. The van der Waals surface area contributed by atoms with Crippen LogP contribution in [0.4, 0.5) is 17.6 Å². The lowest BCUT2D eigenvalue weighted by atomic mass is 10.1. The fourth-order valence-corrected chi connectivity index (χ4v) is 2.49. The van der Waals surface area contributed by atoms with E-state index < -0.39 is 17.7 Å². The smallest absolute Gasteiger partial charge is 0.244 e. The number of aromatic nitrogens is 6. The maximum Gasteiger partial charge on any atom is 0.435 e. The van der Waals surface area contributed by atoms with Crippen LogP contribution in [0, 0.1) is 5.82 Å². The first-order valence-electron chi connectivity index (χ1n) is 7.31. The molecule has 4 rings (SSSR count). The van der Waals surface area contributed by atoms with Crippen LogP contribution in [-0.2, 0) is 6.18 Å². The van der Waals surface area contributed by atoms with Crippen molar-refractivity contribution in [2.45, 2.75) is 6.18 Å². The van der Waals surface area contributed by atoms with E-state index in [1.807, 2.05) is 0 Å². The average Bonchev–Trinajstić information content (AvgIpc) is 3.15. The molecule has 0 aliphatic heterocycles. The predicted octanol–water partition coefficient (Wildman–Crippen LogP) is 3.63. The van der Waals surface area contributed by atoms with Crippen molar-refractivity contribution < 1.29 is 17.6 Å². The van der Waals surface area contributed by atoms with Crippen LogP contribution in [0.15, 0.2) is 42.5 Å². The second kappa shape index (κ2) is 5.83. The van der Waals surface area contributed by atoms with E-state index in [2.05, 4.69) is 30.6 Å². The SMILES string of the molecule is Fc1ccc(-c2nc3cc(-c4nnn[nH]4)ccc3nc2C(F)(F)F)cc1. The molecule has 2 aromatic carbocycles. The average molecular weight is 360 g/mol. The molecule has 0 aliphatic carbocycles. The second-order valence-corrected chi connectivity index (χ2v) is 5.38. The summed E-state index contributed by atoms with van der Waals surface area (Å²) in [5.74, 6) is -0.215. The maximum atomic E-state index is 13.4. The summed E-state index contributed by atoms with van der Waals surface area (Å²) in [5.41, 5.74) is -0.560. The third-order valence-electron chi connectivity index (χ3n) is 3.67. The molecule has 10 heteroatoms. The van der Waals surface area contributed by atoms with Crippen LogP contribution in [0.3, 0.4) is 0 Å². The van der Waals surface area contributed by atoms with E-state index in [4.69, 9.17) is 0 Å². The van der Waals surface area contributed by atoms with Gasteiger partial charge in [-0.2, -0.15) is 13.2 Å². The van der Waals surface area contributed by atoms with E-state index in [0.29, 0.717) is 11.4 Å². The number of H-pyrrole nitrogens is 1. The Morgan fingerprint density at radius 2 is 1.58 bits per heavy atom. The van der Waals surface area contributed by atoms with Crippen LogP contribution in [-0.4, -0.2) is 30.6 Å². The molecule has 0 saturated carbocycles. The highest BCUT2D eigenvalue weighted by atomic mass is 19.4. The number of hydrogen-bond acceptors (Lipinski definition) is 5. The Morgan fingerprint density at radius 3 is 2.23 bits per heavy atom. The van der Waals surface area contributed by atoms with E-state index in [0.717, 1.165) is 12.1 Å². The molecule has 0 radical (unpaired) electrons. The van der Waals surface area contributed by atoms with Gasteiger partial charge in [0.25, 0.3) is 0 Å². The van der Waals surface area contributed by atoms with Crippen LogP contribution in [0.2, 0.25) is 0 Å². The van der Waals surface area contributed by atoms with Crippen LogP contribution in [0.1, 0.15) is 5.69 Å². The predicted molar refractivity (Wildman–Crippen MR) is 83.1 cm³/mol. The van der Waals surface area contributed by atoms with Crippen LogP contribution in [0.5, 0.6) is 0 Å². The highest BCUT2D eigenvalue weighted by Crippen LogP contribution is 2.36. The molecule has 0 atom stereocenters. The number of rotatable bonds is 2. The Labute approximate surface area is 142 Å². The first kappa shape index (κ1) is 16.1. The van der Waals surface area contributed by atoms with Crippen LogP contribution >= 0.6 is 0 Å². The number of aromatic amines is 1. The van der Waals surface area contributed by atoms with E-state index in [1.165, 1.54) is 30.3 Å². The number of hydrogen-bond donors (Lipinski definition) is 1. The second-order valence-electron chi connectivity index (χ2n) is 5.38. The molecule has 2 aromatic heterocycles. The Kier molecular flexibility index (Phi) is 3.60. The van der Waals surface area contributed by atoms with Crippen molar-refractivity contribution in [2.75, 3.05) is 0 Å². The van der Waals surface area contributed by atoms with Gasteiger partial charge in [0.2, 0.25) is 0 Å². The summed E-state index contributed by atoms with van der Waals surface area (Å²) in [7, 11) is 0. The summed E-state index contributed by atoms with van der Waals surface area (Å²) in [6, 6.07) is 9.06. The molecule has 6 nitrogen and oxygen atoms in total. The van der Waals surface area contributed by atoms with Gasteiger partial charge in [-0.3, -0.25) is 0 Å². The van der Waals surface area contributed by atoms with Crippen LogP contribution in [0.25, 0.3) is 33.7 Å². The molecule has 0 bridgehead atoms. The molecule has 0 unspecified atom stereocenters. The van der Waals surface area contributed by atoms with Gasteiger partial charge in [0.1, 0.15) is 11.5 Å². The van der Waals surface area contributed by atoms with Crippen LogP contribution < -0.4 is 0 Å². The lowest BCUT2D eigenvalue weighted by molar-refractivity contribution is -0.140. The van der Waals surface area contributed by atoms with Gasteiger partial charge in [0, 0.05) is 11.1 Å². The molecule has 0 aliphatic rings. The van der Waals surface area contributed by atoms with E-state index in [1.54, 1.807) is 0 Å². The molecule has 4 aromatic rings. The van der Waals surface area contributed by atoms with Crippen molar-refractivity contribution in [3.63, 3.8) is 0 Å². The largest absolute Gasteiger partial charge is 0.435 e. The first-order chi connectivity index (χ1) is 12.4. The van der Waals surface area contributed by atoms with Crippen molar-refractivity contribution in [3.8, 4) is 22.6 Å². The summed E-state index contributed by atoms with van der Waals surface area (Å²) >= 11 is 0. The summed E-state index contributed by atoms with van der Waals surface area (Å²) < 4.78 is 53.4. The van der Waals surface area contributed by atoms with E-state index >= 15 is 0 Å². The van der Waals surface area contributed by atoms with Gasteiger partial charge in [-0.1, -0.05) is 0 Å². The third-order valence-corrected chi connectivity index (χ3v) is 3.67. The van der Waals surface area contributed by atoms with Crippen molar-refractivity contribution in [1.29, 1.82) is 0 Å². The van der Waals surface area contributed by atoms with Crippen molar-refractivity contribution in [3.05, 3.63) is 54.0 Å². The topological polar surface area (TPSA) is 80.2 Å². The number of fused-ring (bicyclic) bond motifs is 1. The zero-order valence-corrected chi connectivity index (χ0v) is 12.8. The minimum atomic E-state index is -4.71. The molecule has 130 valence electrons. The van der Waals surface area contributed by atoms with Gasteiger partial charge in [-0.05, 0) is 52.9 Å². The minimum absolute atomic E-state index is 0.0689. The highest BCUT2D eigenvalue weighted by Gasteiger charge is 2.37. The van der Waals surface area contributed by atoms with Crippen molar-refractivity contribution in [2.24, 2.45) is 0 Å². The molecule has 0 saturated heterocycles. The maximum absolute atomic E-state index is 13.4. The molecule has 1 N–H and O–H groups in total. The first-order valence-corrected chi connectivity index (χ1v) is 7.31. The zero-order chi connectivity index (χ0) is 18.3. The molecule has 0 fully saturated rings. The molecular weight excluding hydrogens is 352 g/mol. The summed E-state index contributed by atoms with van der Waals surface area (Å²) in [5, 5.41) is 13.2. The van der Waals surface area contributed by atoms with Gasteiger partial charge in [-0.25, -0.2) is 19.5 Å². The van der Waals surface area contributed by atoms with Gasteiger partial charge in [0.05, 0.1) is 11.0 Å². The standard InChI is InChI=1S/C16H8F4N6/c17-10-4-1-8(2-5-10)13-14(16(18,19)20)22-11-6-3-9(7-12(11)21-13)15-23-25-26-24-15/h1-7H,(H,23,24,25,26). The van der Waals surface area contributed by atoms with Gasteiger partial charge in [-0.15, -0.1) is 5.10 Å². The molecule has 0 amide bonds. The highest BCUT2D eigenvalue weighted by molar-refractivity contribution is 5.82. The Balaban J connectivity index is 1.95. The summed E-state index contributed by atoms with van der Waals surface area (Å²) in [6.45, 7) is 0. The summed E-state index contributed by atoms with van der Waals surface area (Å²) in [6.07, 6.45) is -4.71. The monoisotopic (exact) mass is 360 g/mol. The Bertz CT molecular complexity index is 1070. The fraction of sp³-hybridized carbons (Fsp3) is 0.0625. The zero-order valence-electron chi connectivity index (χ0n) is 12.8. The number of tetrazole rings is 1. The number of nitrogens with one attached hydrogen (secondary N) is 1. The molecule has 26 heavy (non-hydrogen) atoms. The van der Waals surface area contributed by atoms with Crippen molar-refractivity contribution in [1.82, 2.24) is 30.6 Å². The number of nitrogens with zero attached hydrogens (tertiary/aromatic N) is 5. The Morgan fingerprint density at radius 1 is 0.846 bits per heavy atom. The van der Waals surface area contributed by atoms with Gasteiger partial charge in [0.15, 0.2) is 11.5 Å². The quantitative estimate of drug-likeness (QED) is 0.552. The fourth-order valence-electron chi connectivity index (χ4n) is 2.49. The summed E-state index contributed by atoms with van der Waals surface area (Å²) in [4.78, 5) is 7.85. The molecule has 0 spiro atoms. The Hall–Kier alpha value is -3.43. The lowest BCUT2D eigenvalue weighted by Crippen LogP contribution is -2.12. The molecule has 2 heterocycles. The minimum Gasteiger partial charge on any atom is -0.244 e. The molecular formula is C16H8F4N6. The van der Waals surface area contributed by atoms with Gasteiger partial charge >= 0.3 is 6.18 Å². The number of halogens is 4. The number of alkyl halides is 3. The number of benzene rings is 2.